The van der Waals surface area contributed by atoms with E-state index in [0.29, 0.717) is 6.54 Å². The second-order valence-corrected chi connectivity index (χ2v) is 4.44. The molecular weight excluding hydrogens is 212 g/mol. The number of nitrogens with zero attached hydrogens (tertiary/aromatic N) is 1. The second-order valence-electron chi connectivity index (χ2n) is 4.44. The maximum Gasteiger partial charge on any atom is 0.124 e. The highest BCUT2D eigenvalue weighted by Gasteiger charge is 2.05. The number of ether oxygens (including phenoxy) is 1. The molecule has 0 radical (unpaired) electrons. The fourth-order valence-corrected chi connectivity index (χ4v) is 1.49. The van der Waals surface area contributed by atoms with E-state index in [1.54, 1.807) is 0 Å². The van der Waals surface area contributed by atoms with E-state index in [0.717, 1.165) is 17.9 Å². The van der Waals surface area contributed by atoms with E-state index in [1.807, 2.05) is 45.0 Å². The van der Waals surface area contributed by atoms with E-state index in [1.165, 1.54) is 0 Å². The number of hydrogen-bond donors (Lipinski definition) is 1. The van der Waals surface area contributed by atoms with Crippen LogP contribution in [-0.2, 0) is 6.54 Å². The molecule has 0 saturated carbocycles. The Bertz CT molecular complexity index is 382. The van der Waals surface area contributed by atoms with Gasteiger partial charge in [0.05, 0.1) is 18.1 Å². The van der Waals surface area contributed by atoms with Crippen molar-refractivity contribution in [3.05, 3.63) is 29.8 Å². The van der Waals surface area contributed by atoms with Gasteiger partial charge in [-0.05, 0) is 26.8 Å². The number of rotatable bonds is 6. The van der Waals surface area contributed by atoms with Gasteiger partial charge in [-0.15, -0.1) is 0 Å². The van der Waals surface area contributed by atoms with Crippen LogP contribution in [0.3, 0.4) is 0 Å². The summed E-state index contributed by atoms with van der Waals surface area (Å²) in [6.07, 6.45) is 0.175. The van der Waals surface area contributed by atoms with Gasteiger partial charge in [-0.2, -0.15) is 5.26 Å². The molecule has 0 aliphatic carbocycles. The van der Waals surface area contributed by atoms with Crippen LogP contribution in [0.25, 0.3) is 0 Å². The van der Waals surface area contributed by atoms with Gasteiger partial charge >= 0.3 is 0 Å². The highest BCUT2D eigenvalue weighted by atomic mass is 16.5. The lowest BCUT2D eigenvalue weighted by molar-refractivity contribution is 0.239. The predicted octanol–water partition coefficient (Wildman–Crippen LogP) is 2.72. The molecule has 1 rings (SSSR count). The van der Waals surface area contributed by atoms with E-state index >= 15 is 0 Å². The Morgan fingerprint density at radius 1 is 1.29 bits per heavy atom. The number of nitrogens with one attached hydrogen (secondary N) is 1. The normalized spacial score (nSPS) is 12.2. The first-order valence-corrected chi connectivity index (χ1v) is 5.98. The fraction of sp³-hybridized carbons (Fsp3) is 0.500. The van der Waals surface area contributed by atoms with Crippen LogP contribution in [0.15, 0.2) is 24.3 Å². The smallest absolute Gasteiger partial charge is 0.124 e. The van der Waals surface area contributed by atoms with E-state index in [-0.39, 0.29) is 12.0 Å². The van der Waals surface area contributed by atoms with Crippen molar-refractivity contribution >= 4 is 0 Å². The molecule has 0 spiro atoms. The number of nitriles is 1. The molecule has 1 aromatic carbocycles. The van der Waals surface area contributed by atoms with Crippen molar-refractivity contribution in [2.24, 2.45) is 5.92 Å². The van der Waals surface area contributed by atoms with E-state index in [2.05, 4.69) is 11.4 Å². The molecule has 92 valence electrons. The molecule has 0 heterocycles. The van der Waals surface area contributed by atoms with Gasteiger partial charge in [0, 0.05) is 18.7 Å². The number of para-hydroxylation sites is 1. The third-order valence-corrected chi connectivity index (χ3v) is 2.32. The van der Waals surface area contributed by atoms with Crippen LogP contribution in [-0.4, -0.2) is 12.6 Å². The minimum atomic E-state index is 0.0354. The Kier molecular flexibility index (Phi) is 5.51. The van der Waals surface area contributed by atoms with Crippen LogP contribution in [0.2, 0.25) is 0 Å². The molecule has 0 aromatic heterocycles. The predicted molar refractivity (Wildman–Crippen MR) is 68.7 cm³/mol. The lowest BCUT2D eigenvalue weighted by atomic mass is 10.1. The molecule has 0 aliphatic heterocycles. The van der Waals surface area contributed by atoms with Gasteiger partial charge in [0.25, 0.3) is 0 Å². The van der Waals surface area contributed by atoms with Crippen molar-refractivity contribution in [3.8, 4) is 11.8 Å². The molecule has 1 aromatic rings. The van der Waals surface area contributed by atoms with Crippen LogP contribution < -0.4 is 10.1 Å². The molecule has 17 heavy (non-hydrogen) atoms. The average Bonchev–Trinajstić information content (AvgIpc) is 2.30. The summed E-state index contributed by atoms with van der Waals surface area (Å²) in [6.45, 7) is 7.37. The topological polar surface area (TPSA) is 45.0 Å². The first-order chi connectivity index (χ1) is 8.13. The summed E-state index contributed by atoms with van der Waals surface area (Å²) in [5.74, 6) is 0.952. The summed E-state index contributed by atoms with van der Waals surface area (Å²) in [6, 6.07) is 10.2. The quantitative estimate of drug-likeness (QED) is 0.820. The van der Waals surface area contributed by atoms with Crippen LogP contribution in [0.1, 0.15) is 26.3 Å². The van der Waals surface area contributed by atoms with E-state index in [4.69, 9.17) is 10.00 Å². The monoisotopic (exact) mass is 232 g/mol. The van der Waals surface area contributed by atoms with Crippen molar-refractivity contribution in [1.29, 1.82) is 5.26 Å². The molecule has 0 amide bonds. The van der Waals surface area contributed by atoms with Crippen molar-refractivity contribution < 1.29 is 4.74 Å². The molecule has 1 atom stereocenters. The Balaban J connectivity index is 2.55. The van der Waals surface area contributed by atoms with E-state index in [9.17, 15) is 0 Å². The summed E-state index contributed by atoms with van der Waals surface area (Å²) in [7, 11) is 0. The van der Waals surface area contributed by atoms with Crippen LogP contribution in [0.5, 0.6) is 5.75 Å². The Morgan fingerprint density at radius 3 is 2.65 bits per heavy atom. The van der Waals surface area contributed by atoms with Gasteiger partial charge < -0.3 is 10.1 Å². The Labute approximate surface area is 103 Å². The third kappa shape index (κ3) is 4.88. The zero-order valence-corrected chi connectivity index (χ0v) is 10.7. The summed E-state index contributed by atoms with van der Waals surface area (Å²) >= 11 is 0. The molecular formula is C14H20N2O. The van der Waals surface area contributed by atoms with Gasteiger partial charge in [-0.25, -0.2) is 0 Å². The van der Waals surface area contributed by atoms with E-state index < -0.39 is 0 Å². The second kappa shape index (κ2) is 6.93. The number of benzene rings is 1. The molecule has 0 aliphatic rings. The molecule has 0 saturated heterocycles. The summed E-state index contributed by atoms with van der Waals surface area (Å²) in [5.41, 5.74) is 1.13. The number of hydrogen-bond acceptors (Lipinski definition) is 3. The molecule has 0 fully saturated rings. The minimum Gasteiger partial charge on any atom is -0.491 e. The first-order valence-electron chi connectivity index (χ1n) is 5.98. The van der Waals surface area contributed by atoms with Gasteiger partial charge in [0.2, 0.25) is 0 Å². The van der Waals surface area contributed by atoms with Gasteiger partial charge in [0.15, 0.2) is 0 Å². The molecule has 1 N–H and O–H groups in total. The summed E-state index contributed by atoms with van der Waals surface area (Å²) in [5, 5.41) is 12.0. The van der Waals surface area contributed by atoms with Crippen LogP contribution >= 0.6 is 0 Å². The maximum absolute atomic E-state index is 8.69. The Morgan fingerprint density at radius 2 is 2.00 bits per heavy atom. The lowest BCUT2D eigenvalue weighted by Gasteiger charge is -2.14. The van der Waals surface area contributed by atoms with Gasteiger partial charge in [0.1, 0.15) is 5.75 Å². The highest BCUT2D eigenvalue weighted by Crippen LogP contribution is 2.19. The first kappa shape index (κ1) is 13.5. The molecule has 3 heteroatoms. The van der Waals surface area contributed by atoms with Crippen molar-refractivity contribution in [1.82, 2.24) is 5.32 Å². The molecule has 0 bridgehead atoms. The van der Waals surface area contributed by atoms with Gasteiger partial charge in [-0.3, -0.25) is 0 Å². The maximum atomic E-state index is 8.69. The van der Waals surface area contributed by atoms with Gasteiger partial charge in [-0.1, -0.05) is 18.2 Å². The van der Waals surface area contributed by atoms with Crippen molar-refractivity contribution in [2.75, 3.05) is 6.54 Å². The largest absolute Gasteiger partial charge is 0.491 e. The van der Waals surface area contributed by atoms with Crippen LogP contribution in [0, 0.1) is 17.2 Å². The highest BCUT2D eigenvalue weighted by molar-refractivity contribution is 5.33. The zero-order chi connectivity index (χ0) is 12.7. The lowest BCUT2D eigenvalue weighted by Crippen LogP contribution is -2.20. The fourth-order valence-electron chi connectivity index (χ4n) is 1.49. The van der Waals surface area contributed by atoms with Crippen LogP contribution in [0.4, 0.5) is 0 Å². The SMILES string of the molecule is CC(C#N)CNCc1ccccc1OC(C)C. The zero-order valence-electron chi connectivity index (χ0n) is 10.7. The van der Waals surface area contributed by atoms with Crippen molar-refractivity contribution in [2.45, 2.75) is 33.4 Å². The molecule has 1 unspecified atom stereocenters. The molecule has 3 nitrogen and oxygen atoms in total. The third-order valence-electron chi connectivity index (χ3n) is 2.32. The average molecular weight is 232 g/mol. The summed E-state index contributed by atoms with van der Waals surface area (Å²) < 4.78 is 5.72. The Hall–Kier alpha value is -1.53. The summed E-state index contributed by atoms with van der Waals surface area (Å²) in [4.78, 5) is 0. The standard InChI is InChI=1S/C14H20N2O/c1-11(2)17-14-7-5-4-6-13(14)10-16-9-12(3)8-15/h4-7,11-12,16H,9-10H2,1-3H3. The minimum absolute atomic E-state index is 0.0354. The van der Waals surface area contributed by atoms with Crippen molar-refractivity contribution in [3.63, 3.8) is 0 Å².